The molecule has 0 radical (unpaired) electrons. The number of halogens is 1. The molecule has 2 N–H and O–H groups in total. The third-order valence-electron chi connectivity index (χ3n) is 4.04. The molecule has 3 rings (SSSR count). The van der Waals surface area contributed by atoms with E-state index in [4.69, 9.17) is 16.3 Å². The van der Waals surface area contributed by atoms with Gasteiger partial charge in [0.25, 0.3) is 5.69 Å². The minimum Gasteiger partial charge on any atom is -0.508 e. The molecule has 0 aliphatic rings. The van der Waals surface area contributed by atoms with E-state index in [0.717, 1.165) is 10.7 Å². The van der Waals surface area contributed by atoms with Gasteiger partial charge in [-0.2, -0.15) is 4.68 Å². The van der Waals surface area contributed by atoms with Gasteiger partial charge < -0.3 is 25.3 Å². The van der Waals surface area contributed by atoms with Crippen LogP contribution in [0.15, 0.2) is 42.5 Å². The molecule has 0 unspecified atom stereocenters. The third-order valence-corrected chi connectivity index (χ3v) is 4.48. The Bertz CT molecular complexity index is 1180. The maximum atomic E-state index is 12.4. The van der Waals surface area contributed by atoms with Crippen LogP contribution >= 0.6 is 11.6 Å². The van der Waals surface area contributed by atoms with Gasteiger partial charge in [-0.25, -0.2) is 0 Å². The Balaban J connectivity index is 1.81. The lowest BCUT2D eigenvalue weighted by molar-refractivity contribution is -0.389. The predicted octanol–water partition coefficient (Wildman–Crippen LogP) is 3.80. The van der Waals surface area contributed by atoms with Gasteiger partial charge in [-0.1, -0.05) is 11.6 Å². The molecule has 2 aromatic carbocycles. The maximum Gasteiger partial charge on any atom is 0.408 e. The van der Waals surface area contributed by atoms with E-state index in [2.05, 4.69) is 10.4 Å². The number of carbonyl (C=O) groups excluding carboxylic acids is 1. The Kier molecular flexibility index (Phi) is 6.02. The number of benzene rings is 2. The van der Waals surface area contributed by atoms with Crippen molar-refractivity contribution in [3.63, 3.8) is 0 Å². The number of carbonyl (C=O) groups is 1. The van der Waals surface area contributed by atoms with Crippen molar-refractivity contribution in [3.8, 4) is 17.2 Å². The summed E-state index contributed by atoms with van der Waals surface area (Å²) >= 11 is 5.85. The lowest BCUT2D eigenvalue weighted by atomic mass is 10.2. The summed E-state index contributed by atoms with van der Waals surface area (Å²) in [7, 11) is 0. The van der Waals surface area contributed by atoms with Crippen molar-refractivity contribution in [2.75, 3.05) is 5.32 Å². The number of hydrogen-bond acceptors (Lipinski definition) is 8. The van der Waals surface area contributed by atoms with E-state index in [9.17, 15) is 30.1 Å². The second kappa shape index (κ2) is 8.67. The highest BCUT2D eigenvalue weighted by atomic mass is 35.5. The van der Waals surface area contributed by atoms with Crippen molar-refractivity contribution >= 4 is 34.7 Å². The van der Waals surface area contributed by atoms with Crippen molar-refractivity contribution in [2.45, 2.75) is 13.5 Å². The van der Waals surface area contributed by atoms with E-state index in [-0.39, 0.29) is 33.6 Å². The van der Waals surface area contributed by atoms with Gasteiger partial charge in [-0.15, -0.1) is 0 Å². The van der Waals surface area contributed by atoms with E-state index in [0.29, 0.717) is 5.75 Å². The smallest absolute Gasteiger partial charge is 0.408 e. The normalized spacial score (nSPS) is 10.5. The molecule has 1 aromatic heterocycles. The van der Waals surface area contributed by atoms with E-state index in [1.54, 1.807) is 0 Å². The molecule has 0 saturated heterocycles. The van der Waals surface area contributed by atoms with Gasteiger partial charge in [-0.3, -0.25) is 14.9 Å². The van der Waals surface area contributed by atoms with Gasteiger partial charge in [0.15, 0.2) is 5.02 Å². The first-order valence-electron chi connectivity index (χ1n) is 8.57. The van der Waals surface area contributed by atoms with Crippen LogP contribution in [0.5, 0.6) is 17.2 Å². The van der Waals surface area contributed by atoms with Gasteiger partial charge in [0.2, 0.25) is 5.91 Å². The van der Waals surface area contributed by atoms with Crippen molar-refractivity contribution in [3.05, 3.63) is 73.4 Å². The molecular weight excluding hydrogens is 434 g/mol. The molecule has 0 spiro atoms. The molecule has 0 atom stereocenters. The minimum atomic E-state index is -0.767. The first kappa shape index (κ1) is 21.5. The second-order valence-corrected chi connectivity index (χ2v) is 6.63. The molecule has 0 bridgehead atoms. The van der Waals surface area contributed by atoms with Crippen molar-refractivity contribution in [2.24, 2.45) is 0 Å². The fourth-order valence-electron chi connectivity index (χ4n) is 2.59. The second-order valence-electron chi connectivity index (χ2n) is 6.25. The van der Waals surface area contributed by atoms with Crippen LogP contribution in [-0.4, -0.2) is 30.6 Å². The van der Waals surface area contributed by atoms with Gasteiger partial charge in [0.1, 0.15) is 23.8 Å². The van der Waals surface area contributed by atoms with Crippen LogP contribution in [0, 0.1) is 27.2 Å². The van der Waals surface area contributed by atoms with E-state index >= 15 is 0 Å². The highest BCUT2D eigenvalue weighted by Crippen LogP contribution is 2.31. The van der Waals surface area contributed by atoms with Crippen LogP contribution in [0.4, 0.5) is 17.2 Å². The quantitative estimate of drug-likeness (QED) is 0.408. The molecule has 12 nitrogen and oxygen atoms in total. The molecule has 3 aromatic rings. The maximum absolute atomic E-state index is 12.4. The molecule has 1 heterocycles. The van der Waals surface area contributed by atoms with E-state index < -0.39 is 28.1 Å². The molecule has 31 heavy (non-hydrogen) atoms. The fourth-order valence-corrected chi connectivity index (χ4v) is 2.79. The number of non-ortho nitro benzene ring substituents is 1. The number of nitrogens with zero attached hydrogens (tertiary/aromatic N) is 4. The summed E-state index contributed by atoms with van der Waals surface area (Å²) in [4.78, 5) is 33.1. The average molecular weight is 448 g/mol. The number of aromatic hydroxyl groups is 1. The Labute approximate surface area is 178 Å². The number of nitro groups is 2. The zero-order valence-corrected chi connectivity index (χ0v) is 16.6. The van der Waals surface area contributed by atoms with Crippen LogP contribution < -0.4 is 10.1 Å². The van der Waals surface area contributed by atoms with Crippen LogP contribution in [0.3, 0.4) is 0 Å². The number of anilines is 1. The van der Waals surface area contributed by atoms with E-state index in [1.165, 1.54) is 43.3 Å². The summed E-state index contributed by atoms with van der Waals surface area (Å²) in [5.74, 6) is -0.817. The summed E-state index contributed by atoms with van der Waals surface area (Å²) in [6.07, 6.45) is 0. The molecule has 0 fully saturated rings. The lowest BCUT2D eigenvalue weighted by Gasteiger charge is -2.09. The number of aromatic nitrogens is 2. The number of amides is 1. The van der Waals surface area contributed by atoms with Gasteiger partial charge in [0, 0.05) is 12.1 Å². The van der Waals surface area contributed by atoms with Crippen molar-refractivity contribution in [1.29, 1.82) is 0 Å². The summed E-state index contributed by atoms with van der Waals surface area (Å²) < 4.78 is 6.61. The lowest BCUT2D eigenvalue weighted by Crippen LogP contribution is -2.20. The molecule has 0 saturated carbocycles. The van der Waals surface area contributed by atoms with Gasteiger partial charge in [0.05, 0.1) is 27.5 Å². The van der Waals surface area contributed by atoms with Crippen molar-refractivity contribution < 1.29 is 24.5 Å². The molecule has 1 amide bonds. The van der Waals surface area contributed by atoms with Gasteiger partial charge in [-0.05, 0) is 36.1 Å². The summed E-state index contributed by atoms with van der Waals surface area (Å²) in [6, 6.07) is 9.35. The SMILES string of the molecule is Cc1c(Cl)c([N+](=O)[O-])nn1CC(=O)Nc1cc(Oc2ccc(O)cc2)cc([N+](=O)[O-])c1. The predicted molar refractivity (Wildman–Crippen MR) is 109 cm³/mol. The van der Waals surface area contributed by atoms with E-state index in [1.807, 2.05) is 0 Å². The monoisotopic (exact) mass is 447 g/mol. The van der Waals surface area contributed by atoms with Crippen LogP contribution in [-0.2, 0) is 11.3 Å². The Morgan fingerprint density at radius 1 is 1.16 bits per heavy atom. The first-order chi connectivity index (χ1) is 14.6. The zero-order chi connectivity index (χ0) is 22.7. The fraction of sp³-hybridized carbons (Fsp3) is 0.111. The average Bonchev–Trinajstić information content (AvgIpc) is 2.98. The van der Waals surface area contributed by atoms with Crippen LogP contribution in [0.1, 0.15) is 5.69 Å². The number of nitro benzene ring substituents is 1. The number of phenols is 1. The number of nitrogens with one attached hydrogen (secondary N) is 1. The largest absolute Gasteiger partial charge is 0.508 e. The Morgan fingerprint density at radius 3 is 2.42 bits per heavy atom. The topological polar surface area (TPSA) is 163 Å². The number of phenolic OH excluding ortho intramolecular Hbond substituents is 1. The standard InChI is InChI=1S/C18H14ClN5O7/c1-10-17(19)18(24(29)30)21-22(10)9-16(26)20-11-6-12(23(27)28)8-15(7-11)31-14-4-2-13(25)3-5-14/h2-8,25H,9H2,1H3,(H,20,26). The number of hydrogen-bond donors (Lipinski definition) is 2. The molecular formula is C18H14ClN5O7. The number of ether oxygens (including phenoxy) is 1. The first-order valence-corrected chi connectivity index (χ1v) is 8.95. The van der Waals surface area contributed by atoms with Crippen LogP contribution in [0.2, 0.25) is 5.02 Å². The zero-order valence-electron chi connectivity index (χ0n) is 15.8. The van der Waals surface area contributed by atoms with Crippen LogP contribution in [0.25, 0.3) is 0 Å². The summed E-state index contributed by atoms with van der Waals surface area (Å²) in [5.41, 5.74) is -0.0437. The highest BCUT2D eigenvalue weighted by molar-refractivity contribution is 6.33. The molecule has 0 aliphatic heterocycles. The van der Waals surface area contributed by atoms with Crippen molar-refractivity contribution in [1.82, 2.24) is 9.78 Å². The molecule has 0 aliphatic carbocycles. The summed E-state index contributed by atoms with van der Waals surface area (Å²) in [5, 5.41) is 37.5. The Hall–Kier alpha value is -4.19. The third kappa shape index (κ3) is 5.05. The summed E-state index contributed by atoms with van der Waals surface area (Å²) in [6.45, 7) is 1.06. The highest BCUT2D eigenvalue weighted by Gasteiger charge is 2.25. The van der Waals surface area contributed by atoms with Gasteiger partial charge >= 0.3 is 5.82 Å². The molecule has 160 valence electrons. The number of rotatable bonds is 7. The minimum absolute atomic E-state index is 0.0219. The molecule has 13 heteroatoms. The Morgan fingerprint density at radius 2 is 1.84 bits per heavy atom.